The van der Waals surface area contributed by atoms with E-state index in [0.717, 1.165) is 23.8 Å². The molecule has 0 unspecified atom stereocenters. The first-order chi connectivity index (χ1) is 15.0. The predicted octanol–water partition coefficient (Wildman–Crippen LogP) is 4.81. The number of para-hydroxylation sites is 1. The van der Waals surface area contributed by atoms with Gasteiger partial charge in [-0.1, -0.05) is 24.3 Å². The van der Waals surface area contributed by atoms with Gasteiger partial charge in [0, 0.05) is 43.5 Å². The lowest BCUT2D eigenvalue weighted by molar-refractivity contribution is 0.180. The van der Waals surface area contributed by atoms with Gasteiger partial charge in [-0.25, -0.2) is 0 Å². The Bertz CT molecular complexity index is 1060. The molecule has 5 nitrogen and oxygen atoms in total. The predicted molar refractivity (Wildman–Crippen MR) is 129 cm³/mol. The molecule has 1 saturated heterocycles. The summed E-state index contributed by atoms with van der Waals surface area (Å²) < 4.78 is 7.66. The van der Waals surface area contributed by atoms with Gasteiger partial charge in [0.1, 0.15) is 0 Å². The lowest BCUT2D eigenvalue weighted by Crippen LogP contribution is -2.31. The molecule has 1 aromatic carbocycles. The normalized spacial score (nSPS) is 18.5. The number of methoxy groups -OCH3 is 1. The second-order valence-electron chi connectivity index (χ2n) is 8.11. The van der Waals surface area contributed by atoms with Crippen LogP contribution in [0.3, 0.4) is 0 Å². The SMILES string of the molecule is COCCCN1C(=S)N[C@@H](c2ccccn2)[C@H]1c1cc(C)n(-c2ccccc2C)c1C. The molecular weight excluding hydrogens is 404 g/mol. The van der Waals surface area contributed by atoms with Crippen molar-refractivity contribution in [1.29, 1.82) is 0 Å². The summed E-state index contributed by atoms with van der Waals surface area (Å²) in [5.74, 6) is 0. The number of hydrogen-bond acceptors (Lipinski definition) is 3. The van der Waals surface area contributed by atoms with E-state index in [-0.39, 0.29) is 12.1 Å². The summed E-state index contributed by atoms with van der Waals surface area (Å²) in [5, 5.41) is 4.32. The summed E-state index contributed by atoms with van der Waals surface area (Å²) in [7, 11) is 1.74. The number of benzene rings is 1. The number of nitrogens with zero attached hydrogens (tertiary/aromatic N) is 3. The standard InChI is InChI=1S/C25H30N4OS/c1-17-10-5-6-12-22(17)29-18(2)16-20(19(29)3)24-23(21-11-7-8-13-26-21)27-25(31)28(24)14-9-15-30-4/h5-8,10-13,16,23-24H,9,14-15H2,1-4H3,(H,27,31)/t23-,24+/m0/s1. The van der Waals surface area contributed by atoms with Crippen molar-refractivity contribution in [3.63, 3.8) is 0 Å². The minimum Gasteiger partial charge on any atom is -0.385 e. The van der Waals surface area contributed by atoms with Crippen molar-refractivity contribution in [3.8, 4) is 5.69 Å². The first-order valence-electron chi connectivity index (χ1n) is 10.7. The Morgan fingerprint density at radius 2 is 1.87 bits per heavy atom. The highest BCUT2D eigenvalue weighted by Gasteiger charge is 2.41. The van der Waals surface area contributed by atoms with Gasteiger partial charge < -0.3 is 19.5 Å². The minimum atomic E-state index is 0.00191. The maximum absolute atomic E-state index is 5.78. The molecule has 3 aromatic rings. The zero-order valence-electron chi connectivity index (χ0n) is 18.6. The van der Waals surface area contributed by atoms with Gasteiger partial charge in [0.15, 0.2) is 5.11 Å². The van der Waals surface area contributed by atoms with Crippen LogP contribution in [0.25, 0.3) is 5.69 Å². The van der Waals surface area contributed by atoms with Crippen LogP contribution in [0.2, 0.25) is 0 Å². The van der Waals surface area contributed by atoms with Gasteiger partial charge in [0.25, 0.3) is 0 Å². The molecule has 31 heavy (non-hydrogen) atoms. The Morgan fingerprint density at radius 1 is 1.10 bits per heavy atom. The van der Waals surface area contributed by atoms with E-state index < -0.39 is 0 Å². The Kier molecular flexibility index (Phi) is 6.39. The Hall–Kier alpha value is -2.70. The Labute approximate surface area is 190 Å². The van der Waals surface area contributed by atoms with Gasteiger partial charge >= 0.3 is 0 Å². The van der Waals surface area contributed by atoms with E-state index in [1.165, 1.54) is 28.2 Å². The van der Waals surface area contributed by atoms with Crippen LogP contribution in [0, 0.1) is 20.8 Å². The monoisotopic (exact) mass is 434 g/mol. The molecule has 0 aliphatic carbocycles. The van der Waals surface area contributed by atoms with Crippen molar-refractivity contribution in [2.24, 2.45) is 0 Å². The second-order valence-corrected chi connectivity index (χ2v) is 8.50. The van der Waals surface area contributed by atoms with Crippen LogP contribution in [-0.4, -0.2) is 39.8 Å². The van der Waals surface area contributed by atoms with Crippen LogP contribution in [-0.2, 0) is 4.74 Å². The molecular formula is C25H30N4OS. The number of pyridine rings is 1. The molecule has 3 heterocycles. The van der Waals surface area contributed by atoms with Crippen molar-refractivity contribution in [2.45, 2.75) is 39.3 Å². The van der Waals surface area contributed by atoms with E-state index in [9.17, 15) is 0 Å². The van der Waals surface area contributed by atoms with Crippen molar-refractivity contribution in [3.05, 3.63) is 82.9 Å². The molecule has 2 atom stereocenters. The van der Waals surface area contributed by atoms with Gasteiger partial charge in [-0.3, -0.25) is 4.98 Å². The lowest BCUT2D eigenvalue weighted by atomic mass is 9.96. The van der Waals surface area contributed by atoms with E-state index in [2.05, 4.69) is 76.9 Å². The highest BCUT2D eigenvalue weighted by atomic mass is 32.1. The molecule has 1 fully saturated rings. The van der Waals surface area contributed by atoms with Crippen LogP contribution in [0.1, 0.15) is 46.7 Å². The van der Waals surface area contributed by atoms with Crippen LogP contribution in [0.15, 0.2) is 54.7 Å². The van der Waals surface area contributed by atoms with Gasteiger partial charge in [-0.2, -0.15) is 0 Å². The van der Waals surface area contributed by atoms with Crippen molar-refractivity contribution < 1.29 is 4.74 Å². The Balaban J connectivity index is 1.80. The molecule has 0 saturated carbocycles. The largest absolute Gasteiger partial charge is 0.385 e. The molecule has 4 rings (SSSR count). The van der Waals surface area contributed by atoms with Crippen molar-refractivity contribution in [1.82, 2.24) is 19.8 Å². The summed E-state index contributed by atoms with van der Waals surface area (Å²) in [6.07, 6.45) is 2.77. The van der Waals surface area contributed by atoms with Gasteiger partial charge in [-0.15, -0.1) is 0 Å². The molecule has 1 N–H and O–H groups in total. The summed E-state index contributed by atoms with van der Waals surface area (Å²) in [4.78, 5) is 6.96. The fourth-order valence-corrected chi connectivity index (χ4v) is 4.97. The first-order valence-corrected chi connectivity index (χ1v) is 11.2. The van der Waals surface area contributed by atoms with Crippen LogP contribution >= 0.6 is 12.2 Å². The first kappa shape index (κ1) is 21.5. The van der Waals surface area contributed by atoms with Gasteiger partial charge in [0.05, 0.1) is 17.8 Å². The van der Waals surface area contributed by atoms with Gasteiger partial charge in [-0.05, 0) is 74.8 Å². The average molecular weight is 435 g/mol. The molecule has 0 radical (unpaired) electrons. The third-order valence-electron chi connectivity index (χ3n) is 6.09. The molecule has 1 aliphatic heterocycles. The fraction of sp³-hybridized carbons (Fsp3) is 0.360. The number of aryl methyl sites for hydroxylation is 2. The molecule has 6 heteroatoms. The minimum absolute atomic E-state index is 0.00191. The number of thiocarbonyl (C=S) groups is 1. The van der Waals surface area contributed by atoms with E-state index in [1.54, 1.807) is 7.11 Å². The molecule has 1 aliphatic rings. The molecule has 0 spiro atoms. The van der Waals surface area contributed by atoms with Crippen molar-refractivity contribution >= 4 is 17.3 Å². The summed E-state index contributed by atoms with van der Waals surface area (Å²) in [6, 6.07) is 17.0. The van der Waals surface area contributed by atoms with Crippen LogP contribution in [0.5, 0.6) is 0 Å². The second kappa shape index (κ2) is 9.20. The van der Waals surface area contributed by atoms with Crippen LogP contribution < -0.4 is 5.32 Å². The molecule has 0 bridgehead atoms. The van der Waals surface area contributed by atoms with Crippen molar-refractivity contribution in [2.75, 3.05) is 20.3 Å². The molecule has 0 amide bonds. The maximum Gasteiger partial charge on any atom is 0.170 e. The average Bonchev–Trinajstić information content (AvgIpc) is 3.25. The summed E-state index contributed by atoms with van der Waals surface area (Å²) >= 11 is 5.78. The number of nitrogens with one attached hydrogen (secondary N) is 1. The molecule has 162 valence electrons. The quantitative estimate of drug-likeness (QED) is 0.427. The Morgan fingerprint density at radius 3 is 2.58 bits per heavy atom. The third-order valence-corrected chi connectivity index (χ3v) is 6.44. The highest BCUT2D eigenvalue weighted by molar-refractivity contribution is 7.80. The third kappa shape index (κ3) is 4.10. The van der Waals surface area contributed by atoms with Crippen LogP contribution in [0.4, 0.5) is 0 Å². The van der Waals surface area contributed by atoms with E-state index in [4.69, 9.17) is 17.0 Å². The lowest BCUT2D eigenvalue weighted by Gasteiger charge is -2.28. The summed E-state index contributed by atoms with van der Waals surface area (Å²) in [5.41, 5.74) is 7.22. The molecule has 2 aromatic heterocycles. The number of ether oxygens (including phenoxy) is 1. The summed E-state index contributed by atoms with van der Waals surface area (Å²) in [6.45, 7) is 8.09. The maximum atomic E-state index is 5.78. The zero-order valence-corrected chi connectivity index (χ0v) is 19.4. The van der Waals surface area contributed by atoms with E-state index in [1.807, 2.05) is 18.3 Å². The highest BCUT2D eigenvalue weighted by Crippen LogP contribution is 2.41. The fourth-order valence-electron chi connectivity index (χ4n) is 4.64. The topological polar surface area (TPSA) is 42.3 Å². The van der Waals surface area contributed by atoms with Gasteiger partial charge in [0.2, 0.25) is 0 Å². The number of aromatic nitrogens is 2. The number of hydrogen-bond donors (Lipinski definition) is 1. The smallest absolute Gasteiger partial charge is 0.170 e. The number of rotatable bonds is 7. The van der Waals surface area contributed by atoms with E-state index >= 15 is 0 Å². The van der Waals surface area contributed by atoms with E-state index in [0.29, 0.717) is 6.61 Å². The zero-order chi connectivity index (χ0) is 22.0.